The van der Waals surface area contributed by atoms with E-state index >= 15 is 0 Å². The summed E-state index contributed by atoms with van der Waals surface area (Å²) in [7, 11) is 1.99. The molecule has 23 heavy (non-hydrogen) atoms. The third-order valence-electron chi connectivity index (χ3n) is 3.30. The van der Waals surface area contributed by atoms with E-state index in [0.29, 0.717) is 0 Å². The molecule has 2 aromatic rings. The van der Waals surface area contributed by atoms with Crippen molar-refractivity contribution in [3.05, 3.63) is 82.2 Å². The van der Waals surface area contributed by atoms with Crippen molar-refractivity contribution in [1.29, 1.82) is 0 Å². The van der Waals surface area contributed by atoms with Crippen LogP contribution in [0.5, 0.6) is 0 Å². The Hall–Kier alpha value is -2.28. The molecule has 0 heterocycles. The smallest absolute Gasteiger partial charge is 0.204 e. The van der Waals surface area contributed by atoms with Crippen LogP contribution in [0.3, 0.4) is 0 Å². The Morgan fingerprint density at radius 2 is 1.65 bits per heavy atom. The molecule has 0 aromatic heterocycles. The summed E-state index contributed by atoms with van der Waals surface area (Å²) in [6, 6.07) is 18.2. The molecule has 0 aliphatic rings. The van der Waals surface area contributed by atoms with Gasteiger partial charge in [-0.25, -0.2) is 8.42 Å². The van der Waals surface area contributed by atoms with E-state index in [-0.39, 0.29) is 13.1 Å². The predicted octanol–water partition coefficient (Wildman–Crippen LogP) is 2.95. The first-order valence-corrected chi connectivity index (χ1v) is 8.33. The normalized spacial score (nSPS) is 12.6. The van der Waals surface area contributed by atoms with Gasteiger partial charge in [0.25, 0.3) is 0 Å². The molecule has 0 saturated heterocycles. The van der Waals surface area contributed by atoms with Gasteiger partial charge in [-0.1, -0.05) is 66.2 Å². The zero-order valence-corrected chi connectivity index (χ0v) is 13.2. The minimum atomic E-state index is -4.11. The van der Waals surface area contributed by atoms with Gasteiger partial charge >= 0.3 is 10.2 Å². The average molecular weight is 326 g/mol. The number of rotatable bonds is 7. The van der Waals surface area contributed by atoms with E-state index in [1.54, 1.807) is 12.1 Å². The summed E-state index contributed by atoms with van der Waals surface area (Å²) < 4.78 is 28.3. The van der Waals surface area contributed by atoms with Crippen molar-refractivity contribution < 1.29 is 8.42 Å². The van der Waals surface area contributed by atoms with Gasteiger partial charge in [0, 0.05) is 22.5 Å². The molecule has 8 heteroatoms. The van der Waals surface area contributed by atoms with Crippen molar-refractivity contribution in [2.45, 2.75) is 12.4 Å². The van der Waals surface area contributed by atoms with E-state index in [4.69, 9.17) is 13.4 Å². The second kappa shape index (κ2) is 7.83. The molecule has 0 spiro atoms. The minimum absolute atomic E-state index is 0.0141. The number of azide groups is 1. The maximum atomic E-state index is 12.2. The lowest BCUT2D eigenvalue weighted by atomic mass is 9.81. The van der Waals surface area contributed by atoms with Gasteiger partial charge in [0.2, 0.25) is 0 Å². The van der Waals surface area contributed by atoms with Gasteiger partial charge in [0.1, 0.15) is 0 Å². The van der Waals surface area contributed by atoms with E-state index in [2.05, 4.69) is 9.43 Å². The second-order valence-corrected chi connectivity index (χ2v) is 6.52. The van der Waals surface area contributed by atoms with Crippen LogP contribution >= 0.6 is 0 Å². The van der Waals surface area contributed by atoms with Gasteiger partial charge in [-0.15, -0.1) is 0 Å². The second-order valence-electron chi connectivity index (χ2n) is 4.94. The third-order valence-corrected chi connectivity index (χ3v) is 4.51. The number of hydrogen-bond donors (Lipinski definition) is 0. The lowest BCUT2D eigenvalue weighted by Gasteiger charge is -2.23. The zero-order valence-electron chi connectivity index (χ0n) is 12.4. The molecule has 1 atom stereocenters. The number of nitrogens with zero attached hydrogens (tertiary/aromatic N) is 4. The van der Waals surface area contributed by atoms with E-state index in [1.807, 2.05) is 48.5 Å². The van der Waals surface area contributed by atoms with E-state index in [9.17, 15) is 8.42 Å². The van der Waals surface area contributed by atoms with Crippen LogP contribution in [0.25, 0.3) is 10.4 Å². The van der Waals surface area contributed by atoms with Crippen molar-refractivity contribution >= 4 is 18.1 Å². The Bertz CT molecular complexity index is 778. The molecule has 6 nitrogen and oxygen atoms in total. The SMILES string of the molecule is [B][C@@H](CN(Cc1ccccc1)S(=O)(=O)N=[N+]=[N-])c1ccccc1. The Labute approximate surface area is 137 Å². The van der Waals surface area contributed by atoms with Crippen LogP contribution in [0.15, 0.2) is 65.2 Å². The molecular weight excluding hydrogens is 311 g/mol. The van der Waals surface area contributed by atoms with Gasteiger partial charge in [-0.2, -0.15) is 4.31 Å². The molecule has 116 valence electrons. The molecule has 0 unspecified atom stereocenters. The van der Waals surface area contributed by atoms with Gasteiger partial charge < -0.3 is 0 Å². The van der Waals surface area contributed by atoms with Gasteiger partial charge in [-0.3, -0.25) is 0 Å². The molecule has 0 bridgehead atoms. The molecule has 0 amide bonds. The maximum absolute atomic E-state index is 12.2. The Morgan fingerprint density at radius 3 is 2.22 bits per heavy atom. The Balaban J connectivity index is 2.25. The number of benzene rings is 2. The summed E-state index contributed by atoms with van der Waals surface area (Å²) in [4.78, 5) is 2.40. The molecule has 0 aliphatic carbocycles. The van der Waals surface area contributed by atoms with Crippen LogP contribution in [0.1, 0.15) is 16.9 Å². The Kier molecular flexibility index (Phi) is 5.81. The topological polar surface area (TPSA) is 86.1 Å². The Morgan fingerprint density at radius 1 is 1.09 bits per heavy atom. The van der Waals surface area contributed by atoms with E-state index in [0.717, 1.165) is 15.4 Å². The van der Waals surface area contributed by atoms with Crippen LogP contribution in [0.4, 0.5) is 0 Å². The molecular formula is C15H15BN4O2S. The van der Waals surface area contributed by atoms with E-state index in [1.165, 1.54) is 0 Å². The first-order chi connectivity index (χ1) is 11.0. The summed E-state index contributed by atoms with van der Waals surface area (Å²) in [5.74, 6) is -0.524. The largest absolute Gasteiger partial charge is 0.302 e. The predicted molar refractivity (Wildman–Crippen MR) is 89.9 cm³/mol. The fourth-order valence-electron chi connectivity index (χ4n) is 2.15. The van der Waals surface area contributed by atoms with Crippen molar-refractivity contribution in [1.82, 2.24) is 4.31 Å². The molecule has 0 saturated carbocycles. The first-order valence-electron chi connectivity index (χ1n) is 6.94. The van der Waals surface area contributed by atoms with Crippen LogP contribution in [-0.4, -0.2) is 27.1 Å². The first kappa shape index (κ1) is 17.1. The molecule has 2 radical (unpaired) electrons. The van der Waals surface area contributed by atoms with Crippen LogP contribution in [-0.2, 0) is 16.8 Å². The molecule has 0 fully saturated rings. The summed E-state index contributed by atoms with van der Waals surface area (Å²) in [5.41, 5.74) is 10.1. The fraction of sp³-hybridized carbons (Fsp3) is 0.200. The highest BCUT2D eigenvalue weighted by atomic mass is 32.2. The van der Waals surface area contributed by atoms with Gasteiger partial charge in [0.05, 0.1) is 7.85 Å². The zero-order chi connectivity index (χ0) is 16.7. The van der Waals surface area contributed by atoms with Gasteiger partial charge in [0.15, 0.2) is 0 Å². The summed E-state index contributed by atoms with van der Waals surface area (Å²) >= 11 is 0. The average Bonchev–Trinajstić information content (AvgIpc) is 2.56. The summed E-state index contributed by atoms with van der Waals surface area (Å²) in [6.07, 6.45) is 0. The highest BCUT2D eigenvalue weighted by Gasteiger charge is 2.23. The summed E-state index contributed by atoms with van der Waals surface area (Å²) in [6.45, 7) is 0.100. The lowest BCUT2D eigenvalue weighted by molar-refractivity contribution is 0.405. The van der Waals surface area contributed by atoms with Crippen molar-refractivity contribution in [3.8, 4) is 0 Å². The number of hydrogen-bond acceptors (Lipinski definition) is 2. The molecule has 0 aliphatic heterocycles. The summed E-state index contributed by atoms with van der Waals surface area (Å²) in [5, 5.41) is 0. The third kappa shape index (κ3) is 4.86. The highest BCUT2D eigenvalue weighted by molar-refractivity contribution is 7.87. The highest BCUT2D eigenvalue weighted by Crippen LogP contribution is 2.18. The minimum Gasteiger partial charge on any atom is -0.204 e. The quantitative estimate of drug-likeness (QED) is 0.339. The molecule has 2 aromatic carbocycles. The van der Waals surface area contributed by atoms with Crippen molar-refractivity contribution in [2.75, 3.05) is 6.54 Å². The van der Waals surface area contributed by atoms with Gasteiger partial charge in [-0.05, 0) is 16.9 Å². The standard InChI is InChI=1S/C15H15BN4O2S/c16-15(14-9-5-2-6-10-14)12-20(23(21,22)19-18-17)11-13-7-3-1-4-8-13/h1-10,15H,11-12H2/t15-/m0/s1. The maximum Gasteiger partial charge on any atom is 0.302 e. The lowest BCUT2D eigenvalue weighted by Crippen LogP contribution is -2.33. The van der Waals surface area contributed by atoms with Crippen molar-refractivity contribution in [3.63, 3.8) is 0 Å². The van der Waals surface area contributed by atoms with Crippen LogP contribution in [0, 0.1) is 0 Å². The van der Waals surface area contributed by atoms with Crippen LogP contribution in [0.2, 0.25) is 0 Å². The molecule has 2 rings (SSSR count). The molecule has 0 N–H and O–H groups in total. The monoisotopic (exact) mass is 326 g/mol. The fourth-order valence-corrected chi connectivity index (χ4v) is 3.01. The van der Waals surface area contributed by atoms with Crippen LogP contribution < -0.4 is 0 Å². The van der Waals surface area contributed by atoms with Crippen molar-refractivity contribution in [2.24, 2.45) is 4.52 Å². The van der Waals surface area contributed by atoms with E-state index < -0.39 is 16.0 Å².